The van der Waals surface area contributed by atoms with E-state index < -0.39 is 0 Å². The number of ether oxygens (including phenoxy) is 1. The highest BCUT2D eigenvalue weighted by molar-refractivity contribution is 8.16. The molecular weight excluding hydrogens is 428 g/mol. The van der Waals surface area contributed by atoms with Crippen LogP contribution in [0.2, 0.25) is 5.02 Å². The Hall–Kier alpha value is -1.83. The molecule has 5 nitrogen and oxygen atoms in total. The van der Waals surface area contributed by atoms with Gasteiger partial charge in [-0.15, -0.1) is 23.5 Å². The molecule has 0 atom stereocenters. The molecule has 0 bridgehead atoms. The van der Waals surface area contributed by atoms with Gasteiger partial charge >= 0.3 is 0 Å². The minimum Gasteiger partial charge on any atom is -0.484 e. The van der Waals surface area contributed by atoms with E-state index in [-0.39, 0.29) is 18.4 Å². The lowest BCUT2D eigenvalue weighted by Crippen LogP contribution is -2.23. The highest BCUT2D eigenvalue weighted by atomic mass is 35.5. The minimum atomic E-state index is -0.307. The van der Waals surface area contributed by atoms with Gasteiger partial charge in [-0.1, -0.05) is 23.7 Å². The Bertz CT molecular complexity index is 869. The molecule has 0 spiro atoms. The summed E-state index contributed by atoms with van der Waals surface area (Å²) in [5.74, 6) is 2.51. The Kier molecular flexibility index (Phi) is 7.75. The molecule has 1 fully saturated rings. The van der Waals surface area contributed by atoms with Gasteiger partial charge in [0.1, 0.15) is 5.75 Å². The van der Waals surface area contributed by atoms with Crippen molar-refractivity contribution in [3.63, 3.8) is 0 Å². The largest absolute Gasteiger partial charge is 0.484 e. The fourth-order valence-electron chi connectivity index (χ4n) is 2.76. The molecule has 2 amide bonds. The molecule has 1 aliphatic rings. The van der Waals surface area contributed by atoms with Crippen LogP contribution in [0.15, 0.2) is 42.5 Å². The maximum atomic E-state index is 12.2. The number of benzene rings is 2. The Morgan fingerprint density at radius 1 is 1.14 bits per heavy atom. The highest BCUT2D eigenvalue weighted by Gasteiger charge is 2.17. The van der Waals surface area contributed by atoms with Crippen molar-refractivity contribution in [3.8, 4) is 5.75 Å². The van der Waals surface area contributed by atoms with Crippen molar-refractivity contribution in [2.24, 2.45) is 0 Å². The van der Waals surface area contributed by atoms with Gasteiger partial charge in [0, 0.05) is 19.8 Å². The third kappa shape index (κ3) is 6.07. The first kappa shape index (κ1) is 21.9. The Balaban J connectivity index is 1.54. The minimum absolute atomic E-state index is 0.119. The number of nitrogens with one attached hydrogen (secondary N) is 1. The third-order valence-corrected chi connectivity index (χ3v) is 7.58. The summed E-state index contributed by atoms with van der Waals surface area (Å²) >= 11 is 10.0. The van der Waals surface area contributed by atoms with Crippen LogP contribution in [0.1, 0.15) is 26.9 Å². The Morgan fingerprint density at radius 3 is 2.48 bits per heavy atom. The van der Waals surface area contributed by atoms with Gasteiger partial charge in [-0.2, -0.15) is 0 Å². The van der Waals surface area contributed by atoms with Crippen LogP contribution < -0.4 is 10.1 Å². The molecule has 2 aromatic carbocycles. The molecule has 0 aliphatic carbocycles. The van der Waals surface area contributed by atoms with Gasteiger partial charge in [-0.05, 0) is 53.8 Å². The normalized spacial score (nSPS) is 14.3. The zero-order valence-corrected chi connectivity index (χ0v) is 18.7. The van der Waals surface area contributed by atoms with Crippen molar-refractivity contribution in [1.82, 2.24) is 4.90 Å². The lowest BCUT2D eigenvalue weighted by atomic mass is 10.1. The maximum absolute atomic E-state index is 12.2. The summed E-state index contributed by atoms with van der Waals surface area (Å²) in [6.07, 6.45) is 1.26. The first-order chi connectivity index (χ1) is 13.9. The molecule has 1 N–H and O–H groups in total. The molecule has 154 valence electrons. The second-order valence-electron chi connectivity index (χ2n) is 6.73. The van der Waals surface area contributed by atoms with Gasteiger partial charge in [0.2, 0.25) is 0 Å². The number of hydrogen-bond acceptors (Lipinski definition) is 5. The lowest BCUT2D eigenvalue weighted by molar-refractivity contribution is -0.118. The number of carbonyl (C=O) groups is 2. The summed E-state index contributed by atoms with van der Waals surface area (Å²) < 4.78 is 6.07. The topological polar surface area (TPSA) is 58.6 Å². The van der Waals surface area contributed by atoms with E-state index in [0.717, 1.165) is 0 Å². The van der Waals surface area contributed by atoms with Gasteiger partial charge in [-0.3, -0.25) is 9.59 Å². The fraction of sp³-hybridized carbons (Fsp3) is 0.333. The predicted octanol–water partition coefficient (Wildman–Crippen LogP) is 4.93. The van der Waals surface area contributed by atoms with Gasteiger partial charge < -0.3 is 15.0 Å². The van der Waals surface area contributed by atoms with Crippen LogP contribution in [0.5, 0.6) is 5.75 Å². The van der Waals surface area contributed by atoms with E-state index in [1.165, 1.54) is 28.4 Å². The molecule has 3 rings (SSSR count). The number of anilines is 1. The second-order valence-corrected chi connectivity index (χ2v) is 9.86. The summed E-state index contributed by atoms with van der Waals surface area (Å²) in [5, 5.41) is 3.08. The molecule has 2 aromatic rings. The van der Waals surface area contributed by atoms with Crippen LogP contribution in [-0.2, 0) is 4.79 Å². The number of nitrogens with zero attached hydrogens (tertiary/aromatic N) is 1. The van der Waals surface area contributed by atoms with Crippen LogP contribution in [0.25, 0.3) is 0 Å². The number of halogens is 1. The molecule has 1 heterocycles. The van der Waals surface area contributed by atoms with Crippen molar-refractivity contribution in [2.75, 3.05) is 37.5 Å². The van der Waals surface area contributed by atoms with Crippen molar-refractivity contribution in [3.05, 3.63) is 58.6 Å². The number of carbonyl (C=O) groups excluding carboxylic acids is 2. The summed E-state index contributed by atoms with van der Waals surface area (Å²) in [6.45, 7) is -0.119. The molecule has 1 saturated heterocycles. The lowest BCUT2D eigenvalue weighted by Gasteiger charge is -2.21. The summed E-state index contributed by atoms with van der Waals surface area (Å²) in [4.78, 5) is 25.8. The molecule has 1 aliphatic heterocycles. The van der Waals surface area contributed by atoms with Crippen molar-refractivity contribution in [1.29, 1.82) is 0 Å². The SMILES string of the molecule is CN(C)C(=O)c1cc(NC(=O)COc2ccc(C3SCCCS3)cc2)ccc1Cl. The standard InChI is InChI=1S/C21H23ClN2O3S2/c1-24(2)20(26)17-12-15(6-9-18(17)22)23-19(25)13-27-16-7-4-14(5-8-16)21-28-10-3-11-29-21/h4-9,12,21H,3,10-11,13H2,1-2H3,(H,23,25). The first-order valence-corrected chi connectivity index (χ1v) is 11.7. The number of amides is 2. The monoisotopic (exact) mass is 450 g/mol. The molecular formula is C21H23ClN2O3S2. The van der Waals surface area contributed by atoms with Crippen LogP contribution in [0.4, 0.5) is 5.69 Å². The van der Waals surface area contributed by atoms with Crippen molar-refractivity contribution in [2.45, 2.75) is 11.0 Å². The average molecular weight is 451 g/mol. The van der Waals surface area contributed by atoms with Gasteiger partial charge in [-0.25, -0.2) is 0 Å². The number of hydrogen-bond donors (Lipinski definition) is 1. The smallest absolute Gasteiger partial charge is 0.262 e. The highest BCUT2D eigenvalue weighted by Crippen LogP contribution is 2.43. The maximum Gasteiger partial charge on any atom is 0.262 e. The van der Waals surface area contributed by atoms with Gasteiger partial charge in [0.05, 0.1) is 15.2 Å². The average Bonchev–Trinajstić information content (AvgIpc) is 2.74. The molecule has 0 saturated carbocycles. The van der Waals surface area contributed by atoms with Crippen LogP contribution in [-0.4, -0.2) is 48.9 Å². The first-order valence-electron chi connectivity index (χ1n) is 9.21. The van der Waals surface area contributed by atoms with Crippen LogP contribution in [0, 0.1) is 0 Å². The molecule has 0 aromatic heterocycles. The quantitative estimate of drug-likeness (QED) is 0.676. The summed E-state index contributed by atoms with van der Waals surface area (Å²) in [5.41, 5.74) is 2.11. The zero-order valence-electron chi connectivity index (χ0n) is 16.3. The van der Waals surface area contributed by atoms with Crippen molar-refractivity contribution < 1.29 is 14.3 Å². The Labute approximate surface area is 184 Å². The van der Waals surface area contributed by atoms with E-state index in [9.17, 15) is 9.59 Å². The van der Waals surface area contributed by atoms with Gasteiger partial charge in [0.15, 0.2) is 6.61 Å². The zero-order chi connectivity index (χ0) is 20.8. The second kappa shape index (κ2) is 10.3. The van der Waals surface area contributed by atoms with E-state index in [4.69, 9.17) is 16.3 Å². The van der Waals surface area contributed by atoms with Crippen LogP contribution in [0.3, 0.4) is 0 Å². The van der Waals surface area contributed by atoms with Gasteiger partial charge in [0.25, 0.3) is 11.8 Å². The third-order valence-electron chi connectivity index (χ3n) is 4.24. The molecule has 8 heteroatoms. The van der Waals surface area contributed by atoms with E-state index in [2.05, 4.69) is 17.4 Å². The predicted molar refractivity (Wildman–Crippen MR) is 122 cm³/mol. The summed E-state index contributed by atoms with van der Waals surface area (Å²) in [7, 11) is 3.29. The van der Waals surface area contributed by atoms with E-state index in [1.54, 1.807) is 32.3 Å². The van der Waals surface area contributed by atoms with E-state index in [1.807, 2.05) is 35.7 Å². The van der Waals surface area contributed by atoms with E-state index >= 15 is 0 Å². The number of thioether (sulfide) groups is 2. The fourth-order valence-corrected chi connectivity index (χ4v) is 5.85. The molecule has 0 unspecified atom stereocenters. The molecule has 0 radical (unpaired) electrons. The molecule has 29 heavy (non-hydrogen) atoms. The van der Waals surface area contributed by atoms with Crippen LogP contribution >= 0.6 is 35.1 Å². The summed E-state index contributed by atoms with van der Waals surface area (Å²) in [6, 6.07) is 12.7. The Morgan fingerprint density at radius 2 is 1.83 bits per heavy atom. The number of rotatable bonds is 6. The van der Waals surface area contributed by atoms with E-state index in [0.29, 0.717) is 26.6 Å². The van der Waals surface area contributed by atoms with Crippen molar-refractivity contribution >= 4 is 52.6 Å².